The number of piperidine rings is 1. The fourth-order valence-electron chi connectivity index (χ4n) is 3.06. The van der Waals surface area contributed by atoms with E-state index in [0.29, 0.717) is 50.4 Å². The first-order valence-corrected chi connectivity index (χ1v) is 10.00. The second kappa shape index (κ2) is 8.11. The number of nitrogens with one attached hydrogen (secondary N) is 1. The quantitative estimate of drug-likeness (QED) is 0.754. The maximum atomic E-state index is 12.7. The lowest BCUT2D eigenvalue weighted by atomic mass is 9.94. The van der Waals surface area contributed by atoms with Crippen molar-refractivity contribution in [3.8, 4) is 0 Å². The van der Waals surface area contributed by atoms with E-state index in [9.17, 15) is 13.2 Å². The van der Waals surface area contributed by atoms with E-state index in [0.717, 1.165) is 12.8 Å². The van der Waals surface area contributed by atoms with Crippen molar-refractivity contribution in [2.45, 2.75) is 57.8 Å². The van der Waals surface area contributed by atoms with Gasteiger partial charge in [0.25, 0.3) is 0 Å². The monoisotopic (exact) mass is 357 g/mol. The topological polar surface area (TPSA) is 92.5 Å². The van der Waals surface area contributed by atoms with E-state index >= 15 is 0 Å². The highest BCUT2D eigenvalue weighted by molar-refractivity contribution is 7.89. The van der Waals surface area contributed by atoms with Gasteiger partial charge in [-0.2, -0.15) is 4.31 Å². The Morgan fingerprint density at radius 2 is 2.00 bits per heavy atom. The zero-order valence-electron chi connectivity index (χ0n) is 14.7. The summed E-state index contributed by atoms with van der Waals surface area (Å²) in [6.07, 6.45) is 3.91. The molecule has 1 fully saturated rings. The van der Waals surface area contributed by atoms with Gasteiger partial charge in [-0.3, -0.25) is 4.79 Å². The van der Waals surface area contributed by atoms with Gasteiger partial charge < -0.3 is 9.84 Å². The lowest BCUT2D eigenvalue weighted by Crippen LogP contribution is -2.40. The summed E-state index contributed by atoms with van der Waals surface area (Å²) >= 11 is 0. The second-order valence-corrected chi connectivity index (χ2v) is 8.28. The molecule has 0 saturated carbocycles. The molecule has 0 unspecified atom stereocenters. The van der Waals surface area contributed by atoms with Crippen molar-refractivity contribution in [2.24, 2.45) is 5.92 Å². The lowest BCUT2D eigenvalue weighted by molar-refractivity contribution is -0.122. The number of unbranched alkanes of at least 4 members (excludes halogenated alkanes) is 1. The van der Waals surface area contributed by atoms with Crippen LogP contribution < -0.4 is 5.32 Å². The minimum atomic E-state index is -3.57. The van der Waals surface area contributed by atoms with Crippen LogP contribution in [0.25, 0.3) is 0 Å². The van der Waals surface area contributed by atoms with Crippen LogP contribution in [-0.4, -0.2) is 43.4 Å². The number of amides is 1. The molecule has 0 aliphatic carbocycles. The Hall–Kier alpha value is -1.41. The summed E-state index contributed by atoms with van der Waals surface area (Å²) in [7, 11) is -3.57. The van der Waals surface area contributed by atoms with Crippen LogP contribution in [0.4, 0.5) is 0 Å². The summed E-state index contributed by atoms with van der Waals surface area (Å²) in [6.45, 7) is 6.91. The van der Waals surface area contributed by atoms with Crippen LogP contribution in [0.15, 0.2) is 9.42 Å². The third-order valence-corrected chi connectivity index (χ3v) is 6.61. The lowest BCUT2D eigenvalue weighted by Gasteiger charge is -2.30. The largest absolute Gasteiger partial charge is 0.360 e. The van der Waals surface area contributed by atoms with Crippen LogP contribution in [0.3, 0.4) is 0 Å². The van der Waals surface area contributed by atoms with Gasteiger partial charge in [-0.05, 0) is 39.0 Å². The molecule has 1 saturated heterocycles. The summed E-state index contributed by atoms with van der Waals surface area (Å²) in [5.41, 5.74) is 0.393. The third kappa shape index (κ3) is 4.36. The molecule has 2 rings (SSSR count). The number of carbonyl (C=O) groups is 1. The van der Waals surface area contributed by atoms with Crippen molar-refractivity contribution in [2.75, 3.05) is 19.6 Å². The fraction of sp³-hybridized carbons (Fsp3) is 0.750. The summed E-state index contributed by atoms with van der Waals surface area (Å²) in [4.78, 5) is 12.1. The van der Waals surface area contributed by atoms with Gasteiger partial charge in [0.05, 0.1) is 0 Å². The average molecular weight is 357 g/mol. The number of carbonyl (C=O) groups excluding carboxylic acids is 1. The van der Waals surface area contributed by atoms with Crippen LogP contribution in [-0.2, 0) is 14.8 Å². The van der Waals surface area contributed by atoms with Gasteiger partial charge in [0.15, 0.2) is 5.76 Å². The fourth-order valence-corrected chi connectivity index (χ4v) is 4.83. The minimum Gasteiger partial charge on any atom is -0.360 e. The van der Waals surface area contributed by atoms with Gasteiger partial charge in [-0.15, -0.1) is 0 Å². The summed E-state index contributed by atoms with van der Waals surface area (Å²) < 4.78 is 31.9. The average Bonchev–Trinajstić information content (AvgIpc) is 2.87. The molecular formula is C16H27N3O4S. The maximum Gasteiger partial charge on any atom is 0.248 e. The molecule has 0 spiro atoms. The van der Waals surface area contributed by atoms with Crippen LogP contribution in [0, 0.1) is 19.8 Å². The zero-order valence-corrected chi connectivity index (χ0v) is 15.5. The summed E-state index contributed by atoms with van der Waals surface area (Å²) in [5, 5.41) is 6.65. The Balaban J connectivity index is 1.90. The zero-order chi connectivity index (χ0) is 17.7. The van der Waals surface area contributed by atoms with E-state index in [2.05, 4.69) is 17.4 Å². The summed E-state index contributed by atoms with van der Waals surface area (Å²) in [5.74, 6) is 0.628. The standard InChI is InChI=1S/C16H27N3O4S/c1-4-5-8-17-15(20)11-14-6-9-19(10-7-14)24(21,22)16-12(2)18-23-13(16)3/h14H,4-11H2,1-3H3,(H,17,20). The number of rotatable bonds is 7. The first-order valence-electron chi connectivity index (χ1n) is 8.56. The molecular weight excluding hydrogens is 330 g/mol. The van der Waals surface area contributed by atoms with Crippen LogP contribution in [0.5, 0.6) is 0 Å². The highest BCUT2D eigenvalue weighted by atomic mass is 32.2. The van der Waals surface area contributed by atoms with Gasteiger partial charge in [0, 0.05) is 26.1 Å². The van der Waals surface area contributed by atoms with E-state index in [1.807, 2.05) is 0 Å². The van der Waals surface area contributed by atoms with Crippen molar-refractivity contribution >= 4 is 15.9 Å². The molecule has 1 aromatic heterocycles. The predicted octanol–water partition coefficient (Wildman–Crippen LogP) is 2.00. The first kappa shape index (κ1) is 18.9. The van der Waals surface area contributed by atoms with E-state index in [1.165, 1.54) is 4.31 Å². The molecule has 8 heteroatoms. The molecule has 1 N–H and O–H groups in total. The molecule has 0 atom stereocenters. The first-order chi connectivity index (χ1) is 11.4. The molecule has 0 radical (unpaired) electrons. The van der Waals surface area contributed by atoms with Crippen molar-refractivity contribution < 1.29 is 17.7 Å². The number of hydrogen-bond acceptors (Lipinski definition) is 5. The second-order valence-electron chi connectivity index (χ2n) is 6.41. The number of aromatic nitrogens is 1. The Morgan fingerprint density at radius 3 is 2.54 bits per heavy atom. The Bertz CT molecular complexity index is 641. The van der Waals surface area contributed by atoms with Gasteiger partial charge in [0.2, 0.25) is 15.9 Å². The Labute approximate surface area is 143 Å². The van der Waals surface area contributed by atoms with E-state index in [-0.39, 0.29) is 16.7 Å². The minimum absolute atomic E-state index is 0.0653. The molecule has 0 bridgehead atoms. The Kier molecular flexibility index (Phi) is 6.40. The van der Waals surface area contributed by atoms with Crippen LogP contribution in [0.1, 0.15) is 50.5 Å². The molecule has 2 heterocycles. The van der Waals surface area contributed by atoms with Crippen molar-refractivity contribution in [1.82, 2.24) is 14.8 Å². The molecule has 1 aliphatic rings. The molecule has 7 nitrogen and oxygen atoms in total. The smallest absolute Gasteiger partial charge is 0.248 e. The number of hydrogen-bond donors (Lipinski definition) is 1. The van der Waals surface area contributed by atoms with Gasteiger partial charge in [-0.25, -0.2) is 8.42 Å². The van der Waals surface area contributed by atoms with Crippen molar-refractivity contribution in [3.63, 3.8) is 0 Å². The number of nitrogens with zero attached hydrogens (tertiary/aromatic N) is 2. The van der Waals surface area contributed by atoms with Crippen LogP contribution >= 0.6 is 0 Å². The third-order valence-electron chi connectivity index (χ3n) is 4.47. The molecule has 1 aromatic rings. The number of aryl methyl sites for hydroxylation is 2. The molecule has 1 aliphatic heterocycles. The normalized spacial score (nSPS) is 17.1. The van der Waals surface area contributed by atoms with Gasteiger partial charge >= 0.3 is 0 Å². The van der Waals surface area contributed by atoms with Crippen molar-refractivity contribution in [1.29, 1.82) is 0 Å². The predicted molar refractivity (Wildman–Crippen MR) is 90.0 cm³/mol. The highest BCUT2D eigenvalue weighted by Gasteiger charge is 2.34. The van der Waals surface area contributed by atoms with Crippen LogP contribution in [0.2, 0.25) is 0 Å². The van der Waals surface area contributed by atoms with E-state index in [1.54, 1.807) is 13.8 Å². The number of sulfonamides is 1. The summed E-state index contributed by atoms with van der Waals surface area (Å²) in [6, 6.07) is 0. The Morgan fingerprint density at radius 1 is 1.33 bits per heavy atom. The van der Waals surface area contributed by atoms with E-state index in [4.69, 9.17) is 4.52 Å². The van der Waals surface area contributed by atoms with E-state index < -0.39 is 10.0 Å². The molecule has 24 heavy (non-hydrogen) atoms. The molecule has 136 valence electrons. The maximum absolute atomic E-state index is 12.7. The SMILES string of the molecule is CCCCNC(=O)CC1CCN(S(=O)(=O)c2c(C)noc2C)CC1. The highest BCUT2D eigenvalue weighted by Crippen LogP contribution is 2.28. The van der Waals surface area contributed by atoms with Gasteiger partial charge in [-0.1, -0.05) is 18.5 Å². The molecule has 0 aromatic carbocycles. The van der Waals surface area contributed by atoms with Crippen molar-refractivity contribution in [3.05, 3.63) is 11.5 Å². The molecule has 1 amide bonds. The van der Waals surface area contributed by atoms with Gasteiger partial charge in [0.1, 0.15) is 10.6 Å².